The van der Waals surface area contributed by atoms with E-state index in [-0.39, 0.29) is 34.7 Å². The SMILES string of the molecule is Cn1nnnc1SCC1=C(C(=O)O)N2C(=O)C(N(C(=O)c3c[nH]c4cc(NC(=O)C5CCC6ON65)ccc4c3=O)C(=O)C(N)c3ccccc3)[C@@H]2SC1. The number of anilines is 1. The second-order valence-corrected chi connectivity index (χ2v) is 14.7. The average Bonchev–Trinajstić information content (AvgIpc) is 3.61. The molecule has 0 spiro atoms. The van der Waals surface area contributed by atoms with Gasteiger partial charge in [-0.15, -0.1) is 21.9 Å². The normalized spacial score (nSPS) is 23.5. The van der Waals surface area contributed by atoms with Crippen LogP contribution in [0.5, 0.6) is 0 Å². The number of nitrogens with zero attached hydrogens (tertiary/aromatic N) is 7. The van der Waals surface area contributed by atoms with E-state index in [9.17, 15) is 33.9 Å². The van der Waals surface area contributed by atoms with Gasteiger partial charge in [0.1, 0.15) is 34.8 Å². The summed E-state index contributed by atoms with van der Waals surface area (Å²) in [5, 5.41) is 25.5. The van der Waals surface area contributed by atoms with Crippen LogP contribution >= 0.6 is 23.5 Å². The predicted molar refractivity (Wildman–Crippen MR) is 189 cm³/mol. The number of carbonyl (C=O) groups is 5. The Morgan fingerprint density at radius 2 is 1.96 bits per heavy atom. The third-order valence-electron chi connectivity index (χ3n) is 9.49. The van der Waals surface area contributed by atoms with E-state index >= 15 is 0 Å². The highest BCUT2D eigenvalue weighted by atomic mass is 32.2. The quantitative estimate of drug-likeness (QED) is 0.0994. The Bertz CT molecular complexity index is 2300. The Morgan fingerprint density at radius 1 is 1.17 bits per heavy atom. The molecule has 0 bridgehead atoms. The lowest BCUT2D eigenvalue weighted by Gasteiger charge is -2.52. The number of benzene rings is 2. The summed E-state index contributed by atoms with van der Waals surface area (Å²) in [6.07, 6.45) is 2.54. The van der Waals surface area contributed by atoms with Crippen molar-refractivity contribution in [3.63, 3.8) is 0 Å². The number of β-lactam (4-membered cyclic amide) rings is 1. The smallest absolute Gasteiger partial charge is 0.352 e. The number of nitrogens with one attached hydrogen (secondary N) is 2. The zero-order valence-corrected chi connectivity index (χ0v) is 29.4. The van der Waals surface area contributed by atoms with Crippen molar-refractivity contribution >= 4 is 69.7 Å². The molecule has 4 aliphatic heterocycles. The minimum Gasteiger partial charge on any atom is -0.477 e. The standard InChI is InChI=1S/C33H30N10O8S2/c1-40-33(37-38-39-40)53-14-16-13-52-31-25(30(48)42(31)24(16)32(49)50)41(29(47)23(34)15-5-3-2-4-6-15)28(46)19-12-35-20-11-17(7-8-18(20)26(19)44)36-27(45)21-9-10-22-43(21)51-22/h2-8,11-12,21-23,25,31H,9-10,13-14,34H2,1H3,(H,35,44)(H,36,45)(H,49,50)/t21?,22?,23?,25?,31-,43?/m0/s1. The number of tetrazole rings is 1. The highest BCUT2D eigenvalue weighted by molar-refractivity contribution is 8.01. The van der Waals surface area contributed by atoms with Crippen LogP contribution in [0.2, 0.25) is 0 Å². The number of rotatable bonds is 10. The number of H-pyrrole nitrogens is 1. The Hall–Kier alpha value is -5.41. The number of pyridine rings is 1. The molecule has 53 heavy (non-hydrogen) atoms. The minimum absolute atomic E-state index is 0.0240. The number of aryl methyl sites for hydroxylation is 1. The van der Waals surface area contributed by atoms with Crippen LogP contribution in [0.4, 0.5) is 5.69 Å². The third kappa shape index (κ3) is 6.06. The number of hydrogen-bond donors (Lipinski definition) is 4. The highest BCUT2D eigenvalue weighted by Gasteiger charge is 2.59. The summed E-state index contributed by atoms with van der Waals surface area (Å²) in [5.41, 5.74) is 6.48. The fourth-order valence-electron chi connectivity index (χ4n) is 6.75. The topological polar surface area (TPSA) is 242 Å². The van der Waals surface area contributed by atoms with E-state index in [1.165, 1.54) is 40.3 Å². The van der Waals surface area contributed by atoms with Crippen molar-refractivity contribution in [3.05, 3.63) is 87.3 Å². The van der Waals surface area contributed by atoms with Crippen LogP contribution in [0.15, 0.2) is 75.9 Å². The van der Waals surface area contributed by atoms with Crippen LogP contribution in [0.25, 0.3) is 10.9 Å². The number of hydroxylamine groups is 2. The highest BCUT2D eigenvalue weighted by Crippen LogP contribution is 2.44. The number of nitrogens with two attached hydrogens (primary N) is 1. The Morgan fingerprint density at radius 3 is 2.64 bits per heavy atom. The zero-order valence-electron chi connectivity index (χ0n) is 27.7. The van der Waals surface area contributed by atoms with Gasteiger partial charge >= 0.3 is 5.97 Å². The number of hydrogen-bond acceptors (Lipinski definition) is 14. The van der Waals surface area contributed by atoms with E-state index in [1.54, 1.807) is 48.5 Å². The van der Waals surface area contributed by atoms with Gasteiger partial charge in [-0.2, -0.15) is 0 Å². The molecule has 0 saturated carbocycles. The van der Waals surface area contributed by atoms with Crippen molar-refractivity contribution in [2.45, 2.75) is 47.7 Å². The summed E-state index contributed by atoms with van der Waals surface area (Å²) >= 11 is 2.37. The molecule has 3 saturated heterocycles. The summed E-state index contributed by atoms with van der Waals surface area (Å²) in [7, 11) is 1.64. The number of amides is 4. The number of carboxylic acid groups (broad SMARTS) is 1. The van der Waals surface area contributed by atoms with Gasteiger partial charge in [0.2, 0.25) is 16.5 Å². The number of aromatic amines is 1. The number of thioether (sulfide) groups is 2. The molecule has 4 aromatic rings. The Kier molecular flexibility index (Phi) is 8.85. The molecule has 8 rings (SSSR count). The van der Waals surface area contributed by atoms with Gasteiger partial charge in [-0.25, -0.2) is 9.48 Å². The maximum absolute atomic E-state index is 14.4. The van der Waals surface area contributed by atoms with Gasteiger partial charge in [-0.05, 0) is 52.6 Å². The molecule has 6 atom stereocenters. The number of carboxylic acids is 1. The van der Waals surface area contributed by atoms with Crippen molar-refractivity contribution in [1.29, 1.82) is 0 Å². The van der Waals surface area contributed by atoms with Crippen molar-refractivity contribution in [2.24, 2.45) is 12.8 Å². The molecule has 2 aromatic carbocycles. The van der Waals surface area contributed by atoms with E-state index < -0.39 is 58.2 Å². The van der Waals surface area contributed by atoms with Crippen LogP contribution in [-0.2, 0) is 31.1 Å². The number of aromatic nitrogens is 5. The van der Waals surface area contributed by atoms with E-state index in [0.717, 1.165) is 17.5 Å². The first-order valence-corrected chi connectivity index (χ1v) is 18.4. The fourth-order valence-corrected chi connectivity index (χ4v) is 9.12. The molecule has 6 heterocycles. The number of aliphatic carboxylic acids is 1. The Balaban J connectivity index is 1.10. The van der Waals surface area contributed by atoms with Crippen LogP contribution < -0.4 is 16.5 Å². The maximum atomic E-state index is 14.4. The van der Waals surface area contributed by atoms with Gasteiger partial charge in [0.05, 0.1) is 5.52 Å². The molecular formula is C33H30N10O8S2. The van der Waals surface area contributed by atoms with Crippen LogP contribution in [0.3, 0.4) is 0 Å². The van der Waals surface area contributed by atoms with E-state index in [0.29, 0.717) is 38.8 Å². The molecule has 4 amide bonds. The molecule has 3 fully saturated rings. The molecule has 5 N–H and O–H groups in total. The molecule has 18 nitrogen and oxygen atoms in total. The van der Waals surface area contributed by atoms with Crippen molar-refractivity contribution in [1.82, 2.24) is 40.1 Å². The molecule has 0 radical (unpaired) electrons. The first-order chi connectivity index (χ1) is 25.5. The van der Waals surface area contributed by atoms with Crippen molar-refractivity contribution < 1.29 is 33.9 Å². The molecular weight excluding hydrogens is 729 g/mol. The number of fused-ring (bicyclic) bond motifs is 3. The summed E-state index contributed by atoms with van der Waals surface area (Å²) < 4.78 is 1.43. The van der Waals surface area contributed by atoms with E-state index in [2.05, 4.69) is 25.8 Å². The number of carbonyl (C=O) groups excluding carboxylic acids is 4. The monoisotopic (exact) mass is 758 g/mol. The van der Waals surface area contributed by atoms with Crippen molar-refractivity contribution in [2.75, 3.05) is 16.8 Å². The van der Waals surface area contributed by atoms with E-state index in [4.69, 9.17) is 10.6 Å². The largest absolute Gasteiger partial charge is 0.477 e. The lowest BCUT2D eigenvalue weighted by Crippen LogP contribution is -2.73. The summed E-state index contributed by atoms with van der Waals surface area (Å²) in [5.74, 6) is -4.12. The Labute approximate surface area is 307 Å². The minimum atomic E-state index is -1.46. The third-order valence-corrected chi connectivity index (χ3v) is 11.9. The van der Waals surface area contributed by atoms with Gasteiger partial charge in [-0.1, -0.05) is 42.1 Å². The average molecular weight is 759 g/mol. The van der Waals surface area contributed by atoms with Crippen LogP contribution in [-0.4, -0.2) is 110 Å². The fraction of sp³-hybridized carbons (Fsp3) is 0.303. The molecule has 272 valence electrons. The lowest BCUT2D eigenvalue weighted by molar-refractivity contribution is -0.157. The molecule has 2 aromatic heterocycles. The maximum Gasteiger partial charge on any atom is 0.352 e. The summed E-state index contributed by atoms with van der Waals surface area (Å²) in [6.45, 7) is 0. The number of imide groups is 1. The van der Waals surface area contributed by atoms with Gasteiger partial charge < -0.3 is 21.1 Å². The summed E-state index contributed by atoms with van der Waals surface area (Å²) in [4.78, 5) is 91.8. The molecule has 4 aliphatic rings. The van der Waals surface area contributed by atoms with Gasteiger partial charge in [0.15, 0.2) is 6.23 Å². The second-order valence-electron chi connectivity index (χ2n) is 12.7. The molecule has 20 heteroatoms. The zero-order chi connectivity index (χ0) is 37.1. The first kappa shape index (κ1) is 34.7. The van der Waals surface area contributed by atoms with Crippen molar-refractivity contribution in [3.8, 4) is 0 Å². The van der Waals surface area contributed by atoms with E-state index in [1.807, 2.05) is 0 Å². The second kappa shape index (κ2) is 13.5. The molecule has 0 aliphatic carbocycles. The van der Waals surface area contributed by atoms with Crippen LogP contribution in [0.1, 0.15) is 34.8 Å². The predicted octanol–water partition coefficient (Wildman–Crippen LogP) is 0.809. The van der Waals surface area contributed by atoms with Crippen LogP contribution in [0, 0.1) is 0 Å². The van der Waals surface area contributed by atoms with Gasteiger partial charge in [-0.3, -0.25) is 38.6 Å². The molecule has 5 unspecified atom stereocenters. The van der Waals surface area contributed by atoms with Gasteiger partial charge in [0.25, 0.3) is 17.7 Å². The summed E-state index contributed by atoms with van der Waals surface area (Å²) in [6, 6.07) is 9.48. The first-order valence-electron chi connectivity index (χ1n) is 16.4. The lowest BCUT2D eigenvalue weighted by atomic mass is 9.97. The van der Waals surface area contributed by atoms with Gasteiger partial charge in [0, 0.05) is 35.8 Å².